The molecule has 0 radical (unpaired) electrons. The molecule has 0 atom stereocenters. The molecule has 1 aromatic carbocycles. The summed E-state index contributed by atoms with van der Waals surface area (Å²) in [5, 5.41) is 11.4. The van der Waals surface area contributed by atoms with Gasteiger partial charge in [0.25, 0.3) is 0 Å². The third kappa shape index (κ3) is 4.60. The summed E-state index contributed by atoms with van der Waals surface area (Å²) in [7, 11) is 0. The van der Waals surface area contributed by atoms with E-state index >= 15 is 0 Å². The second kappa shape index (κ2) is 8.52. The lowest BCUT2D eigenvalue weighted by molar-refractivity contribution is 0.410. The molecule has 1 aromatic heterocycles. The molecule has 0 unspecified atom stereocenters. The smallest absolute Gasteiger partial charge is 0.191 e. The average molecular weight is 325 g/mol. The molecule has 0 amide bonds. The monoisotopic (exact) mass is 325 g/mol. The average Bonchev–Trinajstić information content (AvgIpc) is 3.11. The fourth-order valence-electron chi connectivity index (χ4n) is 3.09. The summed E-state index contributed by atoms with van der Waals surface area (Å²) in [5.74, 6) is 0.914. The van der Waals surface area contributed by atoms with Crippen LogP contribution in [0.15, 0.2) is 47.7 Å². The van der Waals surface area contributed by atoms with Crippen molar-refractivity contribution in [2.24, 2.45) is 4.99 Å². The van der Waals surface area contributed by atoms with Crippen molar-refractivity contribution < 1.29 is 0 Å². The molecular weight excluding hydrogens is 298 g/mol. The summed E-state index contributed by atoms with van der Waals surface area (Å²) in [4.78, 5) is 4.73. The minimum absolute atomic E-state index is 0.559. The van der Waals surface area contributed by atoms with Gasteiger partial charge in [-0.05, 0) is 31.9 Å². The zero-order chi connectivity index (χ0) is 16.6. The van der Waals surface area contributed by atoms with Gasteiger partial charge in [0.2, 0.25) is 0 Å². The highest BCUT2D eigenvalue weighted by atomic mass is 15.3. The van der Waals surface area contributed by atoms with Crippen LogP contribution >= 0.6 is 0 Å². The molecule has 0 spiro atoms. The lowest BCUT2D eigenvalue weighted by atomic mass is 9.96. The second-order valence-electron chi connectivity index (χ2n) is 6.30. The van der Waals surface area contributed by atoms with E-state index in [4.69, 9.17) is 4.99 Å². The van der Waals surface area contributed by atoms with Crippen molar-refractivity contribution in [3.63, 3.8) is 0 Å². The molecule has 3 rings (SSSR count). The first-order chi connectivity index (χ1) is 11.8. The Morgan fingerprint density at radius 2 is 2.00 bits per heavy atom. The van der Waals surface area contributed by atoms with Crippen LogP contribution in [0.3, 0.4) is 0 Å². The molecule has 0 saturated heterocycles. The van der Waals surface area contributed by atoms with Gasteiger partial charge in [-0.3, -0.25) is 0 Å². The Morgan fingerprint density at radius 1 is 1.21 bits per heavy atom. The maximum atomic E-state index is 4.73. The Labute approximate surface area is 144 Å². The molecule has 1 aliphatic rings. The molecule has 5 nitrogen and oxygen atoms in total. The van der Waals surface area contributed by atoms with Crippen molar-refractivity contribution in [3.8, 4) is 5.69 Å². The molecular formula is C19H27N5. The van der Waals surface area contributed by atoms with E-state index < -0.39 is 0 Å². The second-order valence-corrected chi connectivity index (χ2v) is 6.30. The summed E-state index contributed by atoms with van der Waals surface area (Å²) in [6.45, 7) is 3.61. The predicted octanol–water partition coefficient (Wildman–Crippen LogP) is 3.26. The fraction of sp³-hybridized carbons (Fsp3) is 0.474. The minimum atomic E-state index is 0.559. The molecule has 5 heteroatoms. The van der Waals surface area contributed by atoms with Crippen LogP contribution < -0.4 is 10.6 Å². The molecule has 0 aliphatic heterocycles. The summed E-state index contributed by atoms with van der Waals surface area (Å²) < 4.78 is 1.90. The third-order valence-corrected chi connectivity index (χ3v) is 4.37. The van der Waals surface area contributed by atoms with Gasteiger partial charge < -0.3 is 10.6 Å². The van der Waals surface area contributed by atoms with Gasteiger partial charge in [0, 0.05) is 24.3 Å². The van der Waals surface area contributed by atoms with Crippen LogP contribution in [0.4, 0.5) is 0 Å². The molecule has 2 N–H and O–H groups in total. The Balaban J connectivity index is 1.62. The number of rotatable bonds is 5. The zero-order valence-corrected chi connectivity index (χ0v) is 14.4. The zero-order valence-electron chi connectivity index (χ0n) is 14.4. The number of para-hydroxylation sites is 1. The van der Waals surface area contributed by atoms with Crippen molar-refractivity contribution in [1.82, 2.24) is 20.4 Å². The maximum absolute atomic E-state index is 4.73. The van der Waals surface area contributed by atoms with Gasteiger partial charge in [-0.15, -0.1) is 0 Å². The van der Waals surface area contributed by atoms with Crippen LogP contribution in [0.25, 0.3) is 5.69 Å². The van der Waals surface area contributed by atoms with Crippen molar-refractivity contribution in [2.75, 3.05) is 6.54 Å². The van der Waals surface area contributed by atoms with E-state index in [9.17, 15) is 0 Å². The van der Waals surface area contributed by atoms with Crippen molar-refractivity contribution >= 4 is 5.96 Å². The van der Waals surface area contributed by atoms with Crippen LogP contribution in [0.1, 0.15) is 44.6 Å². The highest BCUT2D eigenvalue weighted by Gasteiger charge is 2.14. The highest BCUT2D eigenvalue weighted by Crippen LogP contribution is 2.17. The number of nitrogens with one attached hydrogen (secondary N) is 2. The fourth-order valence-corrected chi connectivity index (χ4v) is 3.09. The number of hydrogen-bond donors (Lipinski definition) is 2. The van der Waals surface area contributed by atoms with Gasteiger partial charge in [-0.1, -0.05) is 37.5 Å². The quantitative estimate of drug-likeness (QED) is 0.655. The molecule has 1 saturated carbocycles. The molecule has 24 heavy (non-hydrogen) atoms. The van der Waals surface area contributed by atoms with E-state index in [-0.39, 0.29) is 0 Å². The molecule has 1 aliphatic carbocycles. The lowest BCUT2D eigenvalue weighted by Crippen LogP contribution is -2.44. The van der Waals surface area contributed by atoms with E-state index in [1.165, 1.54) is 32.1 Å². The number of aromatic nitrogens is 2. The SMILES string of the molecule is CCNC(=NCc1cnn(-c2ccccc2)c1)NC1CCCCC1. The molecule has 1 fully saturated rings. The van der Waals surface area contributed by atoms with Gasteiger partial charge in [0.15, 0.2) is 5.96 Å². The maximum Gasteiger partial charge on any atom is 0.191 e. The van der Waals surface area contributed by atoms with E-state index in [1.807, 2.05) is 35.3 Å². The highest BCUT2D eigenvalue weighted by molar-refractivity contribution is 5.80. The Hall–Kier alpha value is -2.30. The molecule has 128 valence electrons. The number of benzene rings is 1. The van der Waals surface area contributed by atoms with Gasteiger partial charge >= 0.3 is 0 Å². The molecule has 2 aromatic rings. The standard InChI is InChI=1S/C19H27N5/c1-2-20-19(23-17-9-5-3-6-10-17)21-13-16-14-22-24(15-16)18-11-7-4-8-12-18/h4,7-8,11-12,14-15,17H,2-3,5-6,9-10,13H2,1H3,(H2,20,21,23). The van der Waals surface area contributed by atoms with E-state index in [2.05, 4.69) is 34.8 Å². The summed E-state index contributed by atoms with van der Waals surface area (Å²) >= 11 is 0. The first-order valence-electron chi connectivity index (χ1n) is 8.99. The van der Waals surface area contributed by atoms with Gasteiger partial charge in [0.1, 0.15) is 0 Å². The molecule has 1 heterocycles. The Bertz CT molecular complexity index is 641. The van der Waals surface area contributed by atoms with Crippen molar-refractivity contribution in [2.45, 2.75) is 51.6 Å². The lowest BCUT2D eigenvalue weighted by Gasteiger charge is -2.24. The first kappa shape index (κ1) is 16.6. The van der Waals surface area contributed by atoms with Crippen molar-refractivity contribution in [3.05, 3.63) is 48.3 Å². The summed E-state index contributed by atoms with van der Waals surface area (Å²) in [6.07, 6.45) is 10.4. The Morgan fingerprint density at radius 3 is 2.75 bits per heavy atom. The van der Waals surface area contributed by atoms with E-state index in [1.54, 1.807) is 0 Å². The largest absolute Gasteiger partial charge is 0.357 e. The predicted molar refractivity (Wildman–Crippen MR) is 98.4 cm³/mol. The number of hydrogen-bond acceptors (Lipinski definition) is 2. The van der Waals surface area contributed by atoms with Gasteiger partial charge in [-0.2, -0.15) is 5.10 Å². The van der Waals surface area contributed by atoms with Crippen LogP contribution in [0, 0.1) is 0 Å². The summed E-state index contributed by atoms with van der Waals surface area (Å²) in [6, 6.07) is 10.7. The third-order valence-electron chi connectivity index (χ3n) is 4.37. The van der Waals surface area contributed by atoms with Crippen LogP contribution in [-0.2, 0) is 6.54 Å². The van der Waals surface area contributed by atoms with E-state index in [0.29, 0.717) is 12.6 Å². The normalized spacial score (nSPS) is 16.1. The topological polar surface area (TPSA) is 54.2 Å². The number of guanidine groups is 1. The van der Waals surface area contributed by atoms with Crippen LogP contribution in [0.2, 0.25) is 0 Å². The van der Waals surface area contributed by atoms with Gasteiger partial charge in [-0.25, -0.2) is 9.67 Å². The molecule has 0 bridgehead atoms. The van der Waals surface area contributed by atoms with E-state index in [0.717, 1.165) is 23.8 Å². The first-order valence-corrected chi connectivity index (χ1v) is 8.99. The minimum Gasteiger partial charge on any atom is -0.357 e. The van der Waals surface area contributed by atoms with Crippen molar-refractivity contribution in [1.29, 1.82) is 0 Å². The van der Waals surface area contributed by atoms with Gasteiger partial charge in [0.05, 0.1) is 18.4 Å². The Kier molecular flexibility index (Phi) is 5.88. The van der Waals surface area contributed by atoms with Crippen LogP contribution in [0.5, 0.6) is 0 Å². The summed E-state index contributed by atoms with van der Waals surface area (Å²) in [5.41, 5.74) is 2.18. The van der Waals surface area contributed by atoms with Crippen LogP contribution in [-0.4, -0.2) is 28.3 Å². The number of aliphatic imine (C=N–C) groups is 1. The number of nitrogens with zero attached hydrogens (tertiary/aromatic N) is 3.